The maximum atomic E-state index is 13.0. The zero-order valence-corrected chi connectivity index (χ0v) is 17.1. The lowest BCUT2D eigenvalue weighted by Gasteiger charge is -2.12. The number of nitrogens with zero attached hydrogens (tertiary/aromatic N) is 1. The van der Waals surface area contributed by atoms with Crippen LogP contribution in [0.4, 0.5) is 0 Å². The van der Waals surface area contributed by atoms with E-state index in [1.807, 2.05) is 48.6 Å². The number of rotatable bonds is 6. The predicted octanol–water partition coefficient (Wildman–Crippen LogP) is 2.06. The van der Waals surface area contributed by atoms with E-state index in [2.05, 4.69) is 15.6 Å². The molecule has 2 unspecified atom stereocenters. The number of nitrogens with one attached hydrogen (secondary N) is 2. The average Bonchev–Trinajstić information content (AvgIpc) is 3.28. The molecule has 1 saturated heterocycles. The molecule has 1 aromatic carbocycles. The molecule has 1 aromatic heterocycles. The van der Waals surface area contributed by atoms with E-state index in [4.69, 9.17) is 5.11 Å². The third-order valence-electron chi connectivity index (χ3n) is 5.50. The van der Waals surface area contributed by atoms with Crippen LogP contribution in [0.1, 0.15) is 28.2 Å². The van der Waals surface area contributed by atoms with Gasteiger partial charge in [-0.15, -0.1) is 0 Å². The van der Waals surface area contributed by atoms with Gasteiger partial charge in [-0.25, -0.2) is 5.32 Å². The van der Waals surface area contributed by atoms with Crippen molar-refractivity contribution in [2.24, 2.45) is 5.92 Å². The molecule has 7 heteroatoms. The number of aromatic nitrogens is 1. The fraction of sp³-hybridized carbons (Fsp3) is 0.250. The molecule has 4 rings (SSSR count). The Morgan fingerprint density at radius 1 is 1.35 bits per heavy atom. The van der Waals surface area contributed by atoms with Gasteiger partial charge in [0, 0.05) is 35.0 Å². The first-order valence-electron chi connectivity index (χ1n) is 10.2. The Kier molecular flexibility index (Phi) is 5.88. The van der Waals surface area contributed by atoms with Crippen LogP contribution in [-0.2, 0) is 4.79 Å². The molecule has 1 aliphatic heterocycles. The number of hydrogen-bond acceptors (Lipinski definition) is 4. The van der Waals surface area contributed by atoms with E-state index in [1.165, 1.54) is 0 Å². The van der Waals surface area contributed by atoms with Crippen LogP contribution in [0, 0.1) is 12.8 Å². The van der Waals surface area contributed by atoms with Crippen molar-refractivity contribution in [3.05, 3.63) is 76.8 Å². The molecule has 7 nitrogen and oxygen atoms in total. The molecule has 0 bridgehead atoms. The number of benzene rings is 1. The van der Waals surface area contributed by atoms with Crippen LogP contribution in [0.15, 0.2) is 59.8 Å². The number of carbonyl (C=O) groups is 2. The van der Waals surface area contributed by atoms with E-state index in [0.29, 0.717) is 34.5 Å². The fourth-order valence-electron chi connectivity index (χ4n) is 3.98. The maximum Gasteiger partial charge on any atom is 0.273 e. The number of carbonyl (C=O) groups excluding carboxylic acids is 2. The number of amides is 2. The summed E-state index contributed by atoms with van der Waals surface area (Å²) in [5.41, 5.74) is 4.60. The van der Waals surface area contributed by atoms with Crippen molar-refractivity contribution in [3.8, 4) is 11.1 Å². The summed E-state index contributed by atoms with van der Waals surface area (Å²) in [6, 6.07) is 9.46. The lowest BCUT2D eigenvalue weighted by Crippen LogP contribution is -2.34. The van der Waals surface area contributed by atoms with Crippen LogP contribution in [0.25, 0.3) is 17.2 Å². The largest absolute Gasteiger partial charge is 0.394 e. The van der Waals surface area contributed by atoms with Crippen molar-refractivity contribution in [1.82, 2.24) is 15.6 Å². The summed E-state index contributed by atoms with van der Waals surface area (Å²) in [5.74, 6) is -0.710. The van der Waals surface area contributed by atoms with Crippen LogP contribution in [0.3, 0.4) is 0 Å². The van der Waals surface area contributed by atoms with Crippen molar-refractivity contribution >= 4 is 17.9 Å². The molecule has 4 N–H and O–H groups in total. The highest BCUT2D eigenvalue weighted by Gasteiger charge is 2.35. The minimum absolute atomic E-state index is 0.0649. The number of aliphatic hydroxyl groups excluding tert-OH is 2. The highest BCUT2D eigenvalue weighted by molar-refractivity contribution is 6.07. The van der Waals surface area contributed by atoms with Crippen molar-refractivity contribution in [3.63, 3.8) is 0 Å². The van der Waals surface area contributed by atoms with Crippen LogP contribution in [0.5, 0.6) is 0 Å². The van der Waals surface area contributed by atoms with Gasteiger partial charge in [-0.2, -0.15) is 0 Å². The van der Waals surface area contributed by atoms with E-state index >= 15 is 0 Å². The molecular weight excluding hydrogens is 394 g/mol. The van der Waals surface area contributed by atoms with Gasteiger partial charge in [-0.1, -0.05) is 42.5 Å². The van der Waals surface area contributed by atoms with Crippen LogP contribution < -0.4 is 10.6 Å². The average molecular weight is 418 g/mol. The first-order chi connectivity index (χ1) is 15.0. The van der Waals surface area contributed by atoms with E-state index in [1.54, 1.807) is 13.0 Å². The van der Waals surface area contributed by atoms with Crippen LogP contribution in [0.2, 0.25) is 0 Å². The second-order valence-corrected chi connectivity index (χ2v) is 7.65. The van der Waals surface area contributed by atoms with Crippen molar-refractivity contribution < 1.29 is 19.8 Å². The SMILES string of the molecule is Cc1[nH]c(/C=C2\C(=O)[N]C3=CC=CCC32)c(-c2ccccc2)c1C(=O)NCC(O)CO. The number of H-pyrrole nitrogens is 1. The molecule has 0 saturated carbocycles. The summed E-state index contributed by atoms with van der Waals surface area (Å²) < 4.78 is 0. The molecule has 0 spiro atoms. The molecule has 31 heavy (non-hydrogen) atoms. The second-order valence-electron chi connectivity index (χ2n) is 7.65. The van der Waals surface area contributed by atoms with Crippen molar-refractivity contribution in [2.45, 2.75) is 19.4 Å². The van der Waals surface area contributed by atoms with Gasteiger partial charge in [0.25, 0.3) is 11.8 Å². The Hall–Kier alpha value is -3.42. The Labute approximate surface area is 180 Å². The zero-order valence-electron chi connectivity index (χ0n) is 17.1. The topological polar surface area (TPSA) is 117 Å². The minimum atomic E-state index is -1.03. The first-order valence-corrected chi connectivity index (χ1v) is 10.2. The number of hydrogen-bond donors (Lipinski definition) is 4. The number of aliphatic hydroxyl groups is 2. The van der Waals surface area contributed by atoms with Crippen LogP contribution in [-0.4, -0.2) is 46.3 Å². The maximum absolute atomic E-state index is 13.0. The summed E-state index contributed by atoms with van der Waals surface area (Å²) in [5, 5.41) is 25.5. The lowest BCUT2D eigenvalue weighted by molar-refractivity contribution is -0.116. The molecule has 1 aliphatic carbocycles. The Bertz CT molecular complexity index is 1100. The highest BCUT2D eigenvalue weighted by Crippen LogP contribution is 2.37. The van der Waals surface area contributed by atoms with Gasteiger partial charge < -0.3 is 20.5 Å². The summed E-state index contributed by atoms with van der Waals surface area (Å²) in [6.07, 6.45) is 7.25. The first kappa shape index (κ1) is 20.8. The van der Waals surface area contributed by atoms with Gasteiger partial charge in [-0.3, -0.25) is 9.59 Å². The summed E-state index contributed by atoms with van der Waals surface area (Å²) in [4.78, 5) is 28.8. The molecule has 2 amide bonds. The fourth-order valence-corrected chi connectivity index (χ4v) is 3.98. The van der Waals surface area contributed by atoms with E-state index in [9.17, 15) is 14.7 Å². The molecule has 1 fully saturated rings. The molecule has 159 valence electrons. The Morgan fingerprint density at radius 3 is 2.87 bits per heavy atom. The van der Waals surface area contributed by atoms with Gasteiger partial charge in [0.05, 0.1) is 24.0 Å². The zero-order chi connectivity index (χ0) is 22.0. The molecule has 1 radical (unpaired) electrons. The van der Waals surface area contributed by atoms with Crippen molar-refractivity contribution in [2.75, 3.05) is 13.2 Å². The van der Waals surface area contributed by atoms with Gasteiger partial charge >= 0.3 is 0 Å². The Morgan fingerprint density at radius 2 is 2.13 bits per heavy atom. The number of aryl methyl sites for hydroxylation is 1. The normalized spacial score (nSPS) is 19.7. The summed E-state index contributed by atoms with van der Waals surface area (Å²) in [6.45, 7) is 1.29. The smallest absolute Gasteiger partial charge is 0.273 e. The standard InChI is InChI=1S/C24H24N3O4/c1-14-21(24(31)25-12-16(29)13-28)22(15-7-3-2-4-8-15)20(26-14)11-18-17-9-5-6-10-19(17)27-23(18)30/h2-8,10-11,16-17,26,28-29H,9,12-13H2,1H3,(H,25,31)/b18-11-. The molecule has 2 heterocycles. The van der Waals surface area contributed by atoms with Gasteiger partial charge in [-0.05, 0) is 31.1 Å². The van der Waals surface area contributed by atoms with Gasteiger partial charge in [0.2, 0.25) is 0 Å². The molecule has 2 aliphatic rings. The van der Waals surface area contributed by atoms with Crippen LogP contribution >= 0.6 is 0 Å². The summed E-state index contributed by atoms with van der Waals surface area (Å²) in [7, 11) is 0. The predicted molar refractivity (Wildman–Crippen MR) is 117 cm³/mol. The number of allylic oxidation sites excluding steroid dienone is 4. The van der Waals surface area contributed by atoms with Gasteiger partial charge in [0.1, 0.15) is 0 Å². The van der Waals surface area contributed by atoms with Gasteiger partial charge in [0.15, 0.2) is 0 Å². The minimum Gasteiger partial charge on any atom is -0.394 e. The lowest BCUT2D eigenvalue weighted by atomic mass is 9.91. The second kappa shape index (κ2) is 8.75. The Balaban J connectivity index is 1.79. The van der Waals surface area contributed by atoms with E-state index < -0.39 is 12.7 Å². The third kappa shape index (κ3) is 4.10. The quantitative estimate of drug-likeness (QED) is 0.537. The highest BCUT2D eigenvalue weighted by atomic mass is 16.3. The van der Waals surface area contributed by atoms with Crippen molar-refractivity contribution in [1.29, 1.82) is 0 Å². The monoisotopic (exact) mass is 418 g/mol. The van der Waals surface area contributed by atoms with E-state index in [0.717, 1.165) is 11.3 Å². The molecular formula is C24H24N3O4. The van der Waals surface area contributed by atoms with E-state index in [-0.39, 0.29) is 24.3 Å². The summed E-state index contributed by atoms with van der Waals surface area (Å²) >= 11 is 0. The molecule has 2 atom stereocenters. The number of aromatic amines is 1. The molecule has 2 aromatic rings. The third-order valence-corrected chi connectivity index (χ3v) is 5.50. The number of fused-ring (bicyclic) bond motifs is 1.